The lowest BCUT2D eigenvalue weighted by molar-refractivity contribution is 0.219. The molecule has 4 heteroatoms. The van der Waals surface area contributed by atoms with Gasteiger partial charge >= 0.3 is 0 Å². The van der Waals surface area contributed by atoms with Crippen LogP contribution in [0.2, 0.25) is 0 Å². The lowest BCUT2D eigenvalue weighted by Gasteiger charge is -2.29. The molecule has 0 radical (unpaired) electrons. The highest BCUT2D eigenvalue weighted by Crippen LogP contribution is 2.38. The van der Waals surface area contributed by atoms with E-state index in [2.05, 4.69) is 58.6 Å². The third-order valence-corrected chi connectivity index (χ3v) is 5.02. The third-order valence-electron chi connectivity index (χ3n) is 5.02. The van der Waals surface area contributed by atoms with Crippen LogP contribution >= 0.6 is 0 Å². The molecule has 0 saturated carbocycles. The molecule has 0 bridgehead atoms. The lowest BCUT2D eigenvalue weighted by Crippen LogP contribution is -2.27. The molecule has 1 aromatic carbocycles. The number of rotatable bonds is 10. The molecule has 4 nitrogen and oxygen atoms in total. The molecule has 0 unspecified atom stereocenters. The maximum atomic E-state index is 11.0. The summed E-state index contributed by atoms with van der Waals surface area (Å²) in [5.74, 6) is 0.407. The van der Waals surface area contributed by atoms with Gasteiger partial charge in [-0.15, -0.1) is 0 Å². The fourth-order valence-electron chi connectivity index (χ4n) is 3.23. The van der Waals surface area contributed by atoms with Gasteiger partial charge in [-0.1, -0.05) is 53.7 Å². The molecule has 0 aliphatic carbocycles. The first kappa shape index (κ1) is 23.9. The molecule has 0 amide bonds. The van der Waals surface area contributed by atoms with Gasteiger partial charge in [-0.3, -0.25) is 4.90 Å². The summed E-state index contributed by atoms with van der Waals surface area (Å²) >= 11 is 0. The predicted octanol–water partition coefficient (Wildman–Crippen LogP) is 4.33. The van der Waals surface area contributed by atoms with Crippen molar-refractivity contribution in [3.8, 4) is 5.75 Å². The minimum absolute atomic E-state index is 0.0149. The zero-order valence-corrected chi connectivity index (χ0v) is 18.3. The summed E-state index contributed by atoms with van der Waals surface area (Å²) in [6.07, 6.45) is 3.44. The summed E-state index contributed by atoms with van der Waals surface area (Å²) in [5.41, 5.74) is 3.10. The van der Waals surface area contributed by atoms with Gasteiger partial charge in [-0.2, -0.15) is 0 Å². The summed E-state index contributed by atoms with van der Waals surface area (Å²) in [6, 6.07) is 4.30. The number of hydrogen-bond donors (Lipinski definition) is 3. The highest BCUT2D eigenvalue weighted by Gasteiger charge is 2.25. The summed E-state index contributed by atoms with van der Waals surface area (Å²) in [6.45, 7) is 15.9. The van der Waals surface area contributed by atoms with E-state index in [1.54, 1.807) is 0 Å². The van der Waals surface area contributed by atoms with E-state index >= 15 is 0 Å². The number of phenols is 1. The summed E-state index contributed by atoms with van der Waals surface area (Å²) in [5, 5.41) is 29.2. The highest BCUT2D eigenvalue weighted by atomic mass is 16.3. The van der Waals surface area contributed by atoms with Crippen LogP contribution in [0.5, 0.6) is 5.75 Å². The zero-order valence-electron chi connectivity index (χ0n) is 18.3. The van der Waals surface area contributed by atoms with Crippen molar-refractivity contribution in [1.29, 1.82) is 0 Å². The average molecular weight is 380 g/mol. The molecule has 0 aliphatic heterocycles. The normalized spacial score (nSPS) is 12.8. The smallest absolute Gasteiger partial charge is 0.123 e. The molecular weight excluding hydrogens is 338 g/mol. The molecule has 0 heterocycles. The van der Waals surface area contributed by atoms with Gasteiger partial charge in [-0.05, 0) is 60.7 Å². The fraction of sp³-hybridized carbons (Fsp3) is 0.739. The molecule has 0 fully saturated rings. The van der Waals surface area contributed by atoms with E-state index < -0.39 is 0 Å². The Hall–Kier alpha value is -1.10. The molecule has 3 N–H and O–H groups in total. The molecule has 0 atom stereocenters. The van der Waals surface area contributed by atoms with Gasteiger partial charge < -0.3 is 15.3 Å². The van der Waals surface area contributed by atoms with E-state index in [1.165, 1.54) is 5.56 Å². The van der Waals surface area contributed by atoms with Crippen LogP contribution in [0.1, 0.15) is 83.9 Å². The molecule has 0 aliphatic rings. The number of unbranched alkanes of at least 4 members (excludes halogenated alkanes) is 2. The third kappa shape index (κ3) is 7.81. The van der Waals surface area contributed by atoms with Crippen molar-refractivity contribution >= 4 is 0 Å². The van der Waals surface area contributed by atoms with E-state index in [-0.39, 0.29) is 24.0 Å². The number of nitrogens with zero attached hydrogens (tertiary/aromatic N) is 1. The van der Waals surface area contributed by atoms with Crippen LogP contribution in [0.25, 0.3) is 0 Å². The largest absolute Gasteiger partial charge is 0.507 e. The molecule has 1 aromatic rings. The van der Waals surface area contributed by atoms with Crippen LogP contribution in [0.15, 0.2) is 12.1 Å². The van der Waals surface area contributed by atoms with Crippen molar-refractivity contribution in [1.82, 2.24) is 4.90 Å². The van der Waals surface area contributed by atoms with Crippen molar-refractivity contribution in [3.63, 3.8) is 0 Å². The van der Waals surface area contributed by atoms with Crippen LogP contribution in [-0.4, -0.2) is 46.5 Å². The first-order valence-corrected chi connectivity index (χ1v) is 10.3. The van der Waals surface area contributed by atoms with Gasteiger partial charge in [0.2, 0.25) is 0 Å². The molecule has 0 aromatic heterocycles. The van der Waals surface area contributed by atoms with E-state index in [9.17, 15) is 5.11 Å². The van der Waals surface area contributed by atoms with Crippen LogP contribution in [0.3, 0.4) is 0 Å². The van der Waals surface area contributed by atoms with Gasteiger partial charge in [0, 0.05) is 25.3 Å². The Labute approximate surface area is 166 Å². The standard InChI is InChI=1S/C23H41NO3/c1-22(2,3)19-15-18(21(27)20(16-19)23(4,5)6)17-24(11-7-9-13-25)12-8-10-14-26/h15-16,25-27H,7-14,17H2,1-6H3. The quantitative estimate of drug-likeness (QED) is 0.529. The number of hydrogen-bond acceptors (Lipinski definition) is 4. The molecule has 0 spiro atoms. The van der Waals surface area contributed by atoms with Crippen molar-refractivity contribution in [3.05, 3.63) is 28.8 Å². The highest BCUT2D eigenvalue weighted by molar-refractivity contribution is 5.48. The Bertz CT molecular complexity index is 560. The molecular formula is C23H41NO3. The Morgan fingerprint density at radius 2 is 1.30 bits per heavy atom. The van der Waals surface area contributed by atoms with Crippen LogP contribution in [-0.2, 0) is 17.4 Å². The van der Waals surface area contributed by atoms with Crippen molar-refractivity contribution < 1.29 is 15.3 Å². The Morgan fingerprint density at radius 1 is 0.778 bits per heavy atom. The number of phenolic OH excluding ortho intramolecular Hbond substituents is 1. The van der Waals surface area contributed by atoms with Gasteiger partial charge in [0.1, 0.15) is 5.75 Å². The molecule has 156 valence electrons. The summed E-state index contributed by atoms with van der Waals surface area (Å²) < 4.78 is 0. The minimum Gasteiger partial charge on any atom is -0.507 e. The van der Waals surface area contributed by atoms with E-state index in [0.29, 0.717) is 12.3 Å². The van der Waals surface area contributed by atoms with Crippen LogP contribution in [0.4, 0.5) is 0 Å². The Kier molecular flexibility index (Phi) is 9.26. The Morgan fingerprint density at radius 3 is 1.70 bits per heavy atom. The minimum atomic E-state index is -0.126. The molecule has 0 saturated heterocycles. The second kappa shape index (κ2) is 10.4. The van der Waals surface area contributed by atoms with Crippen molar-refractivity contribution in [2.75, 3.05) is 26.3 Å². The monoisotopic (exact) mass is 379 g/mol. The second-order valence-electron chi connectivity index (χ2n) is 9.67. The summed E-state index contributed by atoms with van der Waals surface area (Å²) in [7, 11) is 0. The van der Waals surface area contributed by atoms with E-state index in [0.717, 1.165) is 49.9 Å². The van der Waals surface area contributed by atoms with Crippen molar-refractivity contribution in [2.24, 2.45) is 0 Å². The van der Waals surface area contributed by atoms with Crippen LogP contribution < -0.4 is 0 Å². The first-order chi connectivity index (χ1) is 12.5. The predicted molar refractivity (Wildman–Crippen MR) is 113 cm³/mol. The fourth-order valence-corrected chi connectivity index (χ4v) is 3.23. The zero-order chi connectivity index (χ0) is 20.7. The van der Waals surface area contributed by atoms with Gasteiger partial charge in [0.25, 0.3) is 0 Å². The molecule has 1 rings (SSSR count). The number of benzene rings is 1. The Balaban J connectivity index is 3.18. The van der Waals surface area contributed by atoms with Gasteiger partial charge in [0.05, 0.1) is 0 Å². The number of aliphatic hydroxyl groups is 2. The van der Waals surface area contributed by atoms with Crippen LogP contribution in [0, 0.1) is 0 Å². The number of aromatic hydroxyl groups is 1. The average Bonchev–Trinajstić information content (AvgIpc) is 2.54. The van der Waals surface area contributed by atoms with Crippen molar-refractivity contribution in [2.45, 2.75) is 84.6 Å². The lowest BCUT2D eigenvalue weighted by atomic mass is 9.79. The number of aliphatic hydroxyl groups excluding tert-OH is 2. The van der Waals surface area contributed by atoms with Gasteiger partial charge in [0.15, 0.2) is 0 Å². The van der Waals surface area contributed by atoms with E-state index in [4.69, 9.17) is 10.2 Å². The van der Waals surface area contributed by atoms with Gasteiger partial charge in [-0.25, -0.2) is 0 Å². The SMILES string of the molecule is CC(C)(C)c1cc(CN(CCCCO)CCCCO)c(O)c(C(C)(C)C)c1. The maximum Gasteiger partial charge on any atom is 0.123 e. The molecule has 27 heavy (non-hydrogen) atoms. The summed E-state index contributed by atoms with van der Waals surface area (Å²) in [4.78, 5) is 2.33. The van der Waals surface area contributed by atoms with E-state index in [1.807, 2.05) is 0 Å². The first-order valence-electron chi connectivity index (χ1n) is 10.3. The maximum absolute atomic E-state index is 11.0. The second-order valence-corrected chi connectivity index (χ2v) is 9.67. The topological polar surface area (TPSA) is 63.9 Å².